The van der Waals surface area contributed by atoms with Gasteiger partial charge in [-0.3, -0.25) is 0 Å². The summed E-state index contributed by atoms with van der Waals surface area (Å²) in [5, 5.41) is 13.4. The molecule has 0 aliphatic rings. The molecule has 1 N–H and O–H groups in total. The molecule has 3 nitrogen and oxygen atoms in total. The van der Waals surface area contributed by atoms with Crippen LogP contribution in [0.3, 0.4) is 0 Å². The Labute approximate surface area is 161 Å². The van der Waals surface area contributed by atoms with Crippen molar-refractivity contribution in [2.45, 2.75) is 84.1 Å². The van der Waals surface area contributed by atoms with Gasteiger partial charge in [-0.2, -0.15) is 0 Å². The summed E-state index contributed by atoms with van der Waals surface area (Å²) in [7, 11) is 0. The first-order valence-corrected chi connectivity index (χ1v) is 7.62. The largest absolute Gasteiger partial charge is 1.00 e. The summed E-state index contributed by atoms with van der Waals surface area (Å²) in [5.41, 5.74) is 0. The zero-order valence-corrected chi connectivity index (χ0v) is 16.3. The van der Waals surface area contributed by atoms with Crippen LogP contribution in [0.4, 0.5) is 0 Å². The molecule has 0 aliphatic heterocycles. The molecule has 0 unspecified atom stereocenters. The van der Waals surface area contributed by atoms with Gasteiger partial charge in [0.2, 0.25) is 0 Å². The van der Waals surface area contributed by atoms with E-state index in [1.807, 2.05) is 0 Å². The van der Waals surface area contributed by atoms with Crippen molar-refractivity contribution < 1.29 is 61.3 Å². The maximum atomic E-state index is 10.4. The summed E-state index contributed by atoms with van der Waals surface area (Å²) in [6.07, 6.45) is 13.1. The number of nitrogens with one attached hydrogen (secondary N) is 1. The smallest absolute Gasteiger partial charge is 0.548 e. The van der Waals surface area contributed by atoms with Gasteiger partial charge in [-0.25, -0.2) is 0 Å². The molecule has 0 saturated heterocycles. The number of carboxylic acid groups (broad SMARTS) is 1. The van der Waals surface area contributed by atoms with E-state index in [2.05, 4.69) is 12.2 Å². The number of carbonyl (C=O) groups excluding carboxylic acids is 1. The van der Waals surface area contributed by atoms with Crippen molar-refractivity contribution >= 4 is 5.97 Å². The number of carbonyl (C=O) groups is 1. The van der Waals surface area contributed by atoms with Crippen molar-refractivity contribution in [2.24, 2.45) is 0 Å². The van der Waals surface area contributed by atoms with Gasteiger partial charge in [0.25, 0.3) is 0 Å². The van der Waals surface area contributed by atoms with Gasteiger partial charge in [-0.15, -0.1) is 0 Å². The third-order valence-corrected chi connectivity index (χ3v) is 3.33. The number of hydrogen-bond acceptors (Lipinski definition) is 3. The van der Waals surface area contributed by atoms with Gasteiger partial charge in [0.15, 0.2) is 0 Å². The SMILES string of the molecule is CCCCCCCCCCCCN[C@@H](C)C(=O)[O-].[K+]. The van der Waals surface area contributed by atoms with E-state index in [9.17, 15) is 9.90 Å². The molecule has 1 atom stereocenters. The van der Waals surface area contributed by atoms with Crippen molar-refractivity contribution in [3.05, 3.63) is 0 Å². The van der Waals surface area contributed by atoms with Crippen LogP contribution in [0.2, 0.25) is 0 Å². The van der Waals surface area contributed by atoms with Crippen LogP contribution in [-0.4, -0.2) is 18.6 Å². The maximum absolute atomic E-state index is 10.4. The van der Waals surface area contributed by atoms with E-state index >= 15 is 0 Å². The predicted molar refractivity (Wildman–Crippen MR) is 74.3 cm³/mol. The molecule has 0 saturated carbocycles. The summed E-state index contributed by atoms with van der Waals surface area (Å²) in [5.74, 6) is -1.01. The molecule has 19 heavy (non-hydrogen) atoms. The number of carboxylic acids is 1. The molecule has 108 valence electrons. The number of aliphatic carboxylic acids is 1. The van der Waals surface area contributed by atoms with Gasteiger partial charge in [0.1, 0.15) is 0 Å². The second-order valence-corrected chi connectivity index (χ2v) is 5.18. The average Bonchev–Trinajstić information content (AvgIpc) is 2.35. The van der Waals surface area contributed by atoms with Crippen LogP contribution in [0.25, 0.3) is 0 Å². The van der Waals surface area contributed by atoms with E-state index in [1.54, 1.807) is 6.92 Å². The Hall–Kier alpha value is 1.07. The molecule has 0 aromatic rings. The average molecular weight is 296 g/mol. The number of rotatable bonds is 13. The normalized spacial score (nSPS) is 11.9. The Morgan fingerprint density at radius 2 is 1.37 bits per heavy atom. The summed E-state index contributed by atoms with van der Waals surface area (Å²) < 4.78 is 0. The summed E-state index contributed by atoms with van der Waals surface area (Å²) >= 11 is 0. The Morgan fingerprint density at radius 1 is 0.947 bits per heavy atom. The molecular formula is C15H30KNO2. The van der Waals surface area contributed by atoms with Crippen LogP contribution in [0, 0.1) is 0 Å². The molecule has 0 aromatic heterocycles. The second-order valence-electron chi connectivity index (χ2n) is 5.18. The van der Waals surface area contributed by atoms with Gasteiger partial charge in [-0.05, 0) is 19.9 Å². The van der Waals surface area contributed by atoms with Gasteiger partial charge in [0.05, 0.1) is 5.97 Å². The summed E-state index contributed by atoms with van der Waals surface area (Å²) in [6, 6.07) is -0.524. The zero-order valence-electron chi connectivity index (χ0n) is 13.2. The fourth-order valence-corrected chi connectivity index (χ4v) is 2.01. The van der Waals surface area contributed by atoms with Crippen molar-refractivity contribution in [1.29, 1.82) is 0 Å². The van der Waals surface area contributed by atoms with Gasteiger partial charge in [-0.1, -0.05) is 64.7 Å². The Kier molecular flexibility index (Phi) is 20.1. The Bertz CT molecular complexity index is 201. The molecule has 0 spiro atoms. The van der Waals surface area contributed by atoms with Crippen LogP contribution >= 0.6 is 0 Å². The minimum absolute atomic E-state index is 0. The first-order chi connectivity index (χ1) is 8.68. The fourth-order valence-electron chi connectivity index (χ4n) is 2.01. The third-order valence-electron chi connectivity index (χ3n) is 3.33. The van der Waals surface area contributed by atoms with E-state index in [4.69, 9.17) is 0 Å². The summed E-state index contributed by atoms with van der Waals surface area (Å²) in [4.78, 5) is 10.4. The molecule has 4 heteroatoms. The molecule has 0 bridgehead atoms. The van der Waals surface area contributed by atoms with Crippen LogP contribution in [0.5, 0.6) is 0 Å². The molecule has 0 radical (unpaired) electrons. The first kappa shape index (κ1) is 22.3. The van der Waals surface area contributed by atoms with E-state index < -0.39 is 12.0 Å². The Balaban J connectivity index is 0. The van der Waals surface area contributed by atoms with Gasteiger partial charge < -0.3 is 15.2 Å². The van der Waals surface area contributed by atoms with E-state index in [1.165, 1.54) is 57.8 Å². The van der Waals surface area contributed by atoms with Crippen LogP contribution < -0.4 is 61.8 Å². The maximum Gasteiger partial charge on any atom is 1.00 e. The molecule has 0 aliphatic carbocycles. The standard InChI is InChI=1S/C15H31NO2.K/c1-3-4-5-6-7-8-9-10-11-12-13-16-14(2)15(17)18;/h14,16H,3-13H2,1-2H3,(H,17,18);/q;+1/p-1/t14-;/m0./s1. The quantitative estimate of drug-likeness (QED) is 0.373. The van der Waals surface area contributed by atoms with Crippen LogP contribution in [0.1, 0.15) is 78.1 Å². The van der Waals surface area contributed by atoms with Crippen molar-refractivity contribution in [1.82, 2.24) is 5.32 Å². The molecule has 0 heterocycles. The third kappa shape index (κ3) is 17.0. The predicted octanol–water partition coefficient (Wildman–Crippen LogP) is -0.361. The molecule has 0 amide bonds. The van der Waals surface area contributed by atoms with Crippen molar-refractivity contribution in [2.75, 3.05) is 6.54 Å². The first-order valence-electron chi connectivity index (χ1n) is 7.62. The second kappa shape index (κ2) is 17.1. The van der Waals surface area contributed by atoms with Crippen LogP contribution in [-0.2, 0) is 4.79 Å². The number of hydrogen-bond donors (Lipinski definition) is 1. The summed E-state index contributed by atoms with van der Waals surface area (Å²) in [6.45, 7) is 4.66. The van der Waals surface area contributed by atoms with E-state index in [0.29, 0.717) is 0 Å². The minimum Gasteiger partial charge on any atom is -0.548 e. The van der Waals surface area contributed by atoms with Gasteiger partial charge >= 0.3 is 51.4 Å². The zero-order chi connectivity index (χ0) is 13.6. The molecule has 0 rings (SSSR count). The topological polar surface area (TPSA) is 52.2 Å². The Morgan fingerprint density at radius 3 is 1.79 bits per heavy atom. The monoisotopic (exact) mass is 295 g/mol. The molecule has 0 aromatic carbocycles. The minimum atomic E-state index is -1.01. The molecule has 0 fully saturated rings. The molecular weight excluding hydrogens is 265 g/mol. The van der Waals surface area contributed by atoms with Crippen molar-refractivity contribution in [3.63, 3.8) is 0 Å². The van der Waals surface area contributed by atoms with Gasteiger partial charge in [0, 0.05) is 6.04 Å². The fraction of sp³-hybridized carbons (Fsp3) is 0.933. The van der Waals surface area contributed by atoms with E-state index in [-0.39, 0.29) is 51.4 Å². The van der Waals surface area contributed by atoms with E-state index in [0.717, 1.165) is 13.0 Å². The van der Waals surface area contributed by atoms with Crippen molar-refractivity contribution in [3.8, 4) is 0 Å². The van der Waals surface area contributed by atoms with Crippen LogP contribution in [0.15, 0.2) is 0 Å². The number of unbranched alkanes of at least 4 members (excludes halogenated alkanes) is 9.